The molecular formula is C24H19IN2O2. The Labute approximate surface area is 184 Å². The fourth-order valence-corrected chi connectivity index (χ4v) is 2.96. The Balaban J connectivity index is 1.58. The van der Waals surface area contributed by atoms with Crippen LogP contribution in [0.4, 0.5) is 0 Å². The third-order valence-electron chi connectivity index (χ3n) is 4.17. The van der Waals surface area contributed by atoms with Gasteiger partial charge in [-0.3, -0.25) is 4.79 Å². The monoisotopic (exact) mass is 494 g/mol. The topological polar surface area (TPSA) is 62.1 Å². The molecule has 0 aliphatic rings. The molecule has 5 heteroatoms. The van der Waals surface area contributed by atoms with Crippen molar-refractivity contribution in [2.75, 3.05) is 0 Å². The minimum absolute atomic E-state index is 0.0634. The van der Waals surface area contributed by atoms with E-state index in [1.807, 2.05) is 84.9 Å². The summed E-state index contributed by atoms with van der Waals surface area (Å²) in [5.41, 5.74) is 2.90. The van der Waals surface area contributed by atoms with Crippen LogP contribution in [-0.4, -0.2) is 5.91 Å². The average molecular weight is 494 g/mol. The van der Waals surface area contributed by atoms with E-state index in [2.05, 4.69) is 27.9 Å². The Kier molecular flexibility index (Phi) is 7.42. The third kappa shape index (κ3) is 6.47. The summed E-state index contributed by atoms with van der Waals surface area (Å²) in [5, 5.41) is 12.1. The van der Waals surface area contributed by atoms with Gasteiger partial charge in [-0.2, -0.15) is 5.26 Å². The van der Waals surface area contributed by atoms with Crippen LogP contribution in [0.15, 0.2) is 84.4 Å². The minimum atomic E-state index is -0.393. The van der Waals surface area contributed by atoms with E-state index in [0.717, 1.165) is 22.4 Å². The smallest absolute Gasteiger partial charge is 0.262 e. The number of benzene rings is 3. The molecule has 3 rings (SSSR count). The van der Waals surface area contributed by atoms with Gasteiger partial charge in [-0.05, 0) is 69.6 Å². The summed E-state index contributed by atoms with van der Waals surface area (Å²) in [6.07, 6.45) is 1.57. The van der Waals surface area contributed by atoms with Gasteiger partial charge in [-0.25, -0.2) is 0 Å². The maximum Gasteiger partial charge on any atom is 0.262 e. The van der Waals surface area contributed by atoms with Crippen LogP contribution < -0.4 is 10.1 Å². The number of ether oxygens (including phenoxy) is 1. The van der Waals surface area contributed by atoms with Gasteiger partial charge < -0.3 is 10.1 Å². The molecule has 3 aromatic rings. The maximum absolute atomic E-state index is 12.3. The Morgan fingerprint density at radius 3 is 2.31 bits per heavy atom. The highest BCUT2D eigenvalue weighted by Gasteiger charge is 2.08. The molecule has 0 saturated carbocycles. The number of hydrogen-bond acceptors (Lipinski definition) is 3. The van der Waals surface area contributed by atoms with Crippen molar-refractivity contribution < 1.29 is 9.53 Å². The Hall–Kier alpha value is -3.11. The largest absolute Gasteiger partial charge is 0.489 e. The first-order chi connectivity index (χ1) is 14.1. The summed E-state index contributed by atoms with van der Waals surface area (Å²) in [6, 6.07) is 27.0. The van der Waals surface area contributed by atoms with Gasteiger partial charge in [0, 0.05) is 10.1 Å². The summed E-state index contributed by atoms with van der Waals surface area (Å²) in [7, 11) is 0. The fraction of sp³-hybridized carbons (Fsp3) is 0.0833. The van der Waals surface area contributed by atoms with Crippen molar-refractivity contribution in [2.24, 2.45) is 0 Å². The quantitative estimate of drug-likeness (QED) is 0.283. The lowest BCUT2D eigenvalue weighted by Crippen LogP contribution is -2.23. The highest BCUT2D eigenvalue weighted by Crippen LogP contribution is 2.17. The van der Waals surface area contributed by atoms with Crippen LogP contribution in [0.1, 0.15) is 16.7 Å². The minimum Gasteiger partial charge on any atom is -0.489 e. The lowest BCUT2D eigenvalue weighted by atomic mass is 10.1. The second-order valence-corrected chi connectivity index (χ2v) is 7.57. The lowest BCUT2D eigenvalue weighted by molar-refractivity contribution is -0.117. The second kappa shape index (κ2) is 10.4. The van der Waals surface area contributed by atoms with E-state index in [0.29, 0.717) is 13.2 Å². The van der Waals surface area contributed by atoms with E-state index in [4.69, 9.17) is 4.74 Å². The summed E-state index contributed by atoms with van der Waals surface area (Å²) in [6.45, 7) is 0.863. The van der Waals surface area contributed by atoms with Crippen molar-refractivity contribution >= 4 is 34.6 Å². The Morgan fingerprint density at radius 1 is 0.966 bits per heavy atom. The van der Waals surface area contributed by atoms with E-state index < -0.39 is 5.91 Å². The summed E-state index contributed by atoms with van der Waals surface area (Å²) in [4.78, 5) is 12.3. The Morgan fingerprint density at radius 2 is 1.66 bits per heavy atom. The molecule has 0 aromatic heterocycles. The maximum atomic E-state index is 12.3. The van der Waals surface area contributed by atoms with E-state index in [-0.39, 0.29) is 5.57 Å². The predicted octanol–water partition coefficient (Wildman–Crippen LogP) is 5.09. The van der Waals surface area contributed by atoms with Gasteiger partial charge in [-0.1, -0.05) is 54.6 Å². The first-order valence-electron chi connectivity index (χ1n) is 9.05. The van der Waals surface area contributed by atoms with Crippen LogP contribution in [0, 0.1) is 14.9 Å². The van der Waals surface area contributed by atoms with Gasteiger partial charge >= 0.3 is 0 Å². The molecule has 29 heavy (non-hydrogen) atoms. The second-order valence-electron chi connectivity index (χ2n) is 6.32. The SMILES string of the molecule is N#C/C(=C/c1ccc(OCc2ccc(I)cc2)cc1)C(=O)NCc1ccccc1. The van der Waals surface area contributed by atoms with Gasteiger partial charge in [0.2, 0.25) is 0 Å². The molecule has 0 fully saturated rings. The van der Waals surface area contributed by atoms with Crippen LogP contribution in [0.25, 0.3) is 6.08 Å². The van der Waals surface area contributed by atoms with E-state index in [9.17, 15) is 10.1 Å². The van der Waals surface area contributed by atoms with Crippen LogP contribution in [0.2, 0.25) is 0 Å². The molecular weight excluding hydrogens is 475 g/mol. The van der Waals surface area contributed by atoms with Gasteiger partial charge in [0.1, 0.15) is 24.0 Å². The normalized spacial score (nSPS) is 10.8. The fourth-order valence-electron chi connectivity index (χ4n) is 2.60. The molecule has 4 nitrogen and oxygen atoms in total. The molecule has 0 aliphatic heterocycles. The van der Waals surface area contributed by atoms with Gasteiger partial charge in [0.15, 0.2) is 0 Å². The molecule has 0 spiro atoms. The van der Waals surface area contributed by atoms with E-state index >= 15 is 0 Å². The van der Waals surface area contributed by atoms with Crippen molar-refractivity contribution in [1.29, 1.82) is 5.26 Å². The number of hydrogen-bond donors (Lipinski definition) is 1. The standard InChI is InChI=1S/C24H19IN2O2/c25-22-10-6-20(7-11-22)17-29-23-12-8-18(9-13-23)14-21(15-26)24(28)27-16-19-4-2-1-3-5-19/h1-14H,16-17H2,(H,27,28)/b21-14-. The molecule has 0 unspecified atom stereocenters. The molecule has 1 N–H and O–H groups in total. The lowest BCUT2D eigenvalue weighted by Gasteiger charge is -2.07. The zero-order valence-corrected chi connectivity index (χ0v) is 17.8. The van der Waals surface area contributed by atoms with Crippen molar-refractivity contribution in [3.63, 3.8) is 0 Å². The molecule has 0 atom stereocenters. The number of carbonyl (C=O) groups excluding carboxylic acids is 1. The number of carbonyl (C=O) groups is 1. The van der Waals surface area contributed by atoms with Crippen molar-refractivity contribution in [3.8, 4) is 11.8 Å². The zero-order chi connectivity index (χ0) is 20.5. The molecule has 3 aromatic carbocycles. The van der Waals surface area contributed by atoms with E-state index in [1.54, 1.807) is 6.08 Å². The highest BCUT2D eigenvalue weighted by atomic mass is 127. The average Bonchev–Trinajstić information content (AvgIpc) is 2.77. The third-order valence-corrected chi connectivity index (χ3v) is 4.89. The van der Waals surface area contributed by atoms with Gasteiger partial charge in [0.05, 0.1) is 0 Å². The van der Waals surface area contributed by atoms with Crippen LogP contribution in [0.5, 0.6) is 5.75 Å². The van der Waals surface area contributed by atoms with Crippen LogP contribution in [-0.2, 0) is 17.9 Å². The van der Waals surface area contributed by atoms with Crippen molar-refractivity contribution in [2.45, 2.75) is 13.2 Å². The number of rotatable bonds is 7. The number of nitrogens with zero attached hydrogens (tertiary/aromatic N) is 1. The highest BCUT2D eigenvalue weighted by molar-refractivity contribution is 14.1. The molecule has 0 radical (unpaired) electrons. The summed E-state index contributed by atoms with van der Waals surface area (Å²) in [5.74, 6) is 0.336. The van der Waals surface area contributed by atoms with Gasteiger partial charge in [-0.15, -0.1) is 0 Å². The van der Waals surface area contributed by atoms with Crippen LogP contribution in [0.3, 0.4) is 0 Å². The molecule has 1 amide bonds. The van der Waals surface area contributed by atoms with Crippen LogP contribution >= 0.6 is 22.6 Å². The first kappa shape index (κ1) is 20.6. The molecule has 0 aliphatic carbocycles. The number of nitrogens with one attached hydrogen (secondary N) is 1. The zero-order valence-electron chi connectivity index (χ0n) is 15.6. The first-order valence-corrected chi connectivity index (χ1v) is 10.1. The van der Waals surface area contributed by atoms with Crippen molar-refractivity contribution in [1.82, 2.24) is 5.32 Å². The number of amides is 1. The summed E-state index contributed by atoms with van der Waals surface area (Å²) >= 11 is 2.27. The van der Waals surface area contributed by atoms with E-state index in [1.165, 1.54) is 3.57 Å². The van der Waals surface area contributed by atoms with Gasteiger partial charge in [0.25, 0.3) is 5.91 Å². The predicted molar refractivity (Wildman–Crippen MR) is 122 cm³/mol. The number of halogens is 1. The molecule has 0 saturated heterocycles. The molecule has 144 valence electrons. The molecule has 0 heterocycles. The summed E-state index contributed by atoms with van der Waals surface area (Å²) < 4.78 is 6.97. The van der Waals surface area contributed by atoms with Crippen molar-refractivity contribution in [3.05, 3.63) is 105 Å². The Bertz CT molecular complexity index is 1020. The molecule has 0 bridgehead atoms. The number of nitriles is 1.